The van der Waals surface area contributed by atoms with Gasteiger partial charge in [0.05, 0.1) is 17.8 Å². The maximum Gasteiger partial charge on any atom is 0.294 e. The number of carbonyl (C=O) groups excluding carboxylic acids is 2. The number of rotatable bonds is 8. The number of amides is 1. The molecular formula is C28H24ClN3O8. The molecule has 1 aliphatic heterocycles. The number of ketones is 1. The van der Waals surface area contributed by atoms with Gasteiger partial charge >= 0.3 is 0 Å². The number of ether oxygens (including phenoxy) is 1. The van der Waals surface area contributed by atoms with Gasteiger partial charge in [0.1, 0.15) is 11.5 Å². The molecule has 5 N–H and O–H groups in total. The number of fused-ring (bicyclic) bond motifs is 1. The van der Waals surface area contributed by atoms with Crippen molar-refractivity contribution >= 4 is 23.3 Å². The van der Waals surface area contributed by atoms with E-state index in [0.717, 1.165) is 4.90 Å². The summed E-state index contributed by atoms with van der Waals surface area (Å²) in [6.45, 7) is 1.05. The Morgan fingerprint density at radius 1 is 1.10 bits per heavy atom. The fraction of sp³-hybridized carbons (Fsp3) is 0.286. The number of nitrogens with zero attached hydrogens (tertiary/aromatic N) is 3. The average molecular weight is 566 g/mol. The highest BCUT2D eigenvalue weighted by Gasteiger charge is 2.74. The molecule has 0 saturated heterocycles. The van der Waals surface area contributed by atoms with Crippen LogP contribution >= 0.6 is 11.6 Å². The molecule has 2 heterocycles. The van der Waals surface area contributed by atoms with Crippen LogP contribution in [-0.2, 0) is 17.0 Å². The second-order valence-electron chi connectivity index (χ2n) is 9.94. The summed E-state index contributed by atoms with van der Waals surface area (Å²) in [6, 6.07) is 15.2. The molecule has 1 amide bonds. The predicted molar refractivity (Wildman–Crippen MR) is 137 cm³/mol. The van der Waals surface area contributed by atoms with E-state index < -0.39 is 29.0 Å². The minimum atomic E-state index is -3.54. The average Bonchev–Trinajstić information content (AvgIpc) is 3.71. The van der Waals surface area contributed by atoms with Crippen LogP contribution in [0.4, 0.5) is 0 Å². The normalized spacial score (nSPS) is 19.8. The van der Waals surface area contributed by atoms with E-state index in [2.05, 4.69) is 4.98 Å². The van der Waals surface area contributed by atoms with Gasteiger partial charge in [0.25, 0.3) is 17.9 Å². The topological polar surface area (TPSA) is 184 Å². The molecule has 0 spiro atoms. The lowest BCUT2D eigenvalue weighted by molar-refractivity contribution is -0.484. The van der Waals surface area contributed by atoms with Crippen molar-refractivity contribution in [2.75, 3.05) is 0 Å². The first-order chi connectivity index (χ1) is 18.8. The fourth-order valence-electron chi connectivity index (χ4n) is 5.06. The monoisotopic (exact) mass is 565 g/mol. The van der Waals surface area contributed by atoms with Crippen LogP contribution in [0.25, 0.3) is 0 Å². The molecule has 12 heteroatoms. The number of aromatic nitrogens is 1. The molecule has 0 bridgehead atoms. The Hall–Kier alpha value is -3.73. The lowest BCUT2D eigenvalue weighted by Gasteiger charge is -2.46. The van der Waals surface area contributed by atoms with Gasteiger partial charge in [-0.15, -0.1) is 0 Å². The molecule has 1 unspecified atom stereocenters. The molecule has 206 valence electrons. The van der Waals surface area contributed by atoms with Crippen LogP contribution < -0.4 is 0 Å². The largest absolute Gasteiger partial charge is 0.343 e. The summed E-state index contributed by atoms with van der Waals surface area (Å²) in [5.41, 5.74) is -3.37. The Morgan fingerprint density at radius 3 is 2.30 bits per heavy atom. The van der Waals surface area contributed by atoms with E-state index in [4.69, 9.17) is 21.6 Å². The molecule has 5 rings (SSSR count). The number of pyridine rings is 1. The van der Waals surface area contributed by atoms with Crippen molar-refractivity contribution in [2.24, 2.45) is 5.41 Å². The summed E-state index contributed by atoms with van der Waals surface area (Å²) < 4.78 is 6.02. The molecular weight excluding hydrogens is 542 g/mol. The molecule has 40 heavy (non-hydrogen) atoms. The molecule has 11 nitrogen and oxygen atoms in total. The Morgan fingerprint density at radius 2 is 1.77 bits per heavy atom. The number of benzene rings is 2. The van der Waals surface area contributed by atoms with Gasteiger partial charge in [0, 0.05) is 33.5 Å². The zero-order chi connectivity index (χ0) is 29.1. The molecule has 1 fully saturated rings. The van der Waals surface area contributed by atoms with Gasteiger partial charge in [-0.2, -0.15) is 5.26 Å². The number of halogens is 1. The van der Waals surface area contributed by atoms with E-state index in [1.807, 2.05) is 6.07 Å². The van der Waals surface area contributed by atoms with Gasteiger partial charge in [0.15, 0.2) is 5.78 Å². The highest BCUT2D eigenvalue weighted by Crippen LogP contribution is 2.61. The van der Waals surface area contributed by atoms with Crippen molar-refractivity contribution < 1.29 is 39.9 Å². The Labute approximate surface area is 233 Å². The van der Waals surface area contributed by atoms with Crippen LogP contribution in [0.3, 0.4) is 0 Å². The Balaban J connectivity index is 1.76. The van der Waals surface area contributed by atoms with E-state index in [9.17, 15) is 35.1 Å². The molecule has 3 aromatic rings. The number of carbonyl (C=O) groups is 2. The minimum absolute atomic E-state index is 0.0141. The summed E-state index contributed by atoms with van der Waals surface area (Å²) in [6.07, 6.45) is 0.837. The zero-order valence-corrected chi connectivity index (χ0v) is 21.8. The van der Waals surface area contributed by atoms with E-state index in [1.54, 1.807) is 0 Å². The lowest BCUT2D eigenvalue weighted by Crippen LogP contribution is -2.61. The van der Waals surface area contributed by atoms with Crippen molar-refractivity contribution in [2.45, 2.75) is 44.0 Å². The van der Waals surface area contributed by atoms with Crippen molar-refractivity contribution in [3.63, 3.8) is 0 Å². The third-order valence-electron chi connectivity index (χ3n) is 7.46. The Bertz CT molecular complexity index is 1540. The second-order valence-corrected chi connectivity index (χ2v) is 10.4. The standard InChI is InChI=1S/C28H24ClN3O8/c1-16(33)18-3-9-23-22(12-18)24(34)32(15-21-8-2-17(13-30)14-31-21)26(23,19-4-6-20(29)7-5-19)40-28(38,39)25(10-11-25)27(35,36)37/h2-9,12,14,35-39H,10-11,15H2,1H3. The smallest absolute Gasteiger partial charge is 0.294 e. The fourth-order valence-corrected chi connectivity index (χ4v) is 5.19. The van der Waals surface area contributed by atoms with Crippen LogP contribution in [0.2, 0.25) is 5.02 Å². The van der Waals surface area contributed by atoms with Gasteiger partial charge < -0.3 is 25.5 Å². The minimum Gasteiger partial charge on any atom is -0.343 e. The first kappa shape index (κ1) is 27.8. The first-order valence-electron chi connectivity index (χ1n) is 12.2. The van der Waals surface area contributed by atoms with Gasteiger partial charge in [-0.3, -0.25) is 24.2 Å². The van der Waals surface area contributed by atoms with Gasteiger partial charge in [-0.25, -0.2) is 0 Å². The number of aliphatic hydroxyl groups is 5. The second kappa shape index (κ2) is 9.43. The maximum atomic E-state index is 14.0. The molecule has 2 aliphatic rings. The number of Topliss-reactive ketones (excluding diaryl/α,β-unsaturated/α-hetero) is 1. The van der Waals surface area contributed by atoms with Crippen molar-refractivity contribution in [1.29, 1.82) is 5.26 Å². The van der Waals surface area contributed by atoms with Gasteiger partial charge in [-0.05, 0) is 50.1 Å². The summed E-state index contributed by atoms with van der Waals surface area (Å²) >= 11 is 6.13. The summed E-state index contributed by atoms with van der Waals surface area (Å²) in [5, 5.41) is 62.1. The van der Waals surface area contributed by atoms with E-state index in [-0.39, 0.29) is 53.0 Å². The molecule has 1 aliphatic carbocycles. The van der Waals surface area contributed by atoms with Crippen LogP contribution in [0, 0.1) is 16.7 Å². The molecule has 0 radical (unpaired) electrons. The summed E-state index contributed by atoms with van der Waals surface area (Å²) in [5.74, 6) is -7.92. The van der Waals surface area contributed by atoms with Crippen LogP contribution in [0.1, 0.15) is 62.9 Å². The zero-order valence-electron chi connectivity index (χ0n) is 21.1. The van der Waals surface area contributed by atoms with Gasteiger partial charge in [-0.1, -0.05) is 35.9 Å². The first-order valence-corrected chi connectivity index (χ1v) is 12.5. The Kier molecular flexibility index (Phi) is 6.56. The van der Waals surface area contributed by atoms with Crippen LogP contribution in [-0.4, -0.2) is 59.1 Å². The lowest BCUT2D eigenvalue weighted by atomic mass is 9.90. The highest BCUT2D eigenvalue weighted by atomic mass is 35.5. The predicted octanol–water partition coefficient (Wildman–Crippen LogP) is 1.73. The van der Waals surface area contributed by atoms with E-state index >= 15 is 0 Å². The molecule has 1 saturated carbocycles. The maximum absolute atomic E-state index is 14.0. The van der Waals surface area contributed by atoms with E-state index in [1.165, 1.54) is 67.7 Å². The van der Waals surface area contributed by atoms with Crippen molar-refractivity contribution in [3.8, 4) is 6.07 Å². The third kappa shape index (κ3) is 4.27. The molecule has 1 aromatic heterocycles. The summed E-state index contributed by atoms with van der Waals surface area (Å²) in [7, 11) is 0. The molecule has 1 atom stereocenters. The number of hydrogen-bond donors (Lipinski definition) is 5. The van der Waals surface area contributed by atoms with Crippen LogP contribution in [0.15, 0.2) is 60.8 Å². The van der Waals surface area contributed by atoms with Crippen LogP contribution in [0.5, 0.6) is 0 Å². The SMILES string of the molecule is CC(=O)c1ccc2c(c1)C(=O)N(Cc1ccc(C#N)cn1)C2(OC(O)(O)C1(C(O)(O)O)CC1)c1ccc(Cl)cc1. The highest BCUT2D eigenvalue weighted by molar-refractivity contribution is 6.30. The number of nitriles is 1. The third-order valence-corrected chi connectivity index (χ3v) is 7.71. The van der Waals surface area contributed by atoms with Gasteiger partial charge in [0.2, 0.25) is 5.72 Å². The van der Waals surface area contributed by atoms with Crippen molar-refractivity contribution in [1.82, 2.24) is 9.88 Å². The van der Waals surface area contributed by atoms with Crippen molar-refractivity contribution in [3.05, 3.63) is 99.3 Å². The molecule has 2 aromatic carbocycles. The summed E-state index contributed by atoms with van der Waals surface area (Å²) in [4.78, 5) is 31.6. The van der Waals surface area contributed by atoms with E-state index in [0.29, 0.717) is 10.7 Å². The quantitative estimate of drug-likeness (QED) is 0.199. The number of hydrogen-bond acceptors (Lipinski definition) is 10.